The maximum absolute atomic E-state index is 4.11. The summed E-state index contributed by atoms with van der Waals surface area (Å²) in [5.41, 5.74) is 1.27. The van der Waals surface area contributed by atoms with Crippen LogP contribution in [-0.4, -0.2) is 22.6 Å². The van der Waals surface area contributed by atoms with Crippen LogP contribution in [0.5, 0.6) is 0 Å². The molecule has 0 aromatic carbocycles. The lowest BCUT2D eigenvalue weighted by atomic mass is 10.1. The van der Waals surface area contributed by atoms with E-state index in [1.165, 1.54) is 31.6 Å². The predicted octanol–water partition coefficient (Wildman–Crippen LogP) is 1.19. The molecule has 1 atom stereocenters. The van der Waals surface area contributed by atoms with Crippen LogP contribution in [0.2, 0.25) is 0 Å². The number of aryl methyl sites for hydroxylation is 2. The molecule has 1 unspecified atom stereocenters. The number of imidazole rings is 1. The first-order valence-electron chi connectivity index (χ1n) is 5.03. The highest BCUT2D eigenvalue weighted by atomic mass is 15.0. The van der Waals surface area contributed by atoms with Crippen LogP contribution in [0, 0.1) is 12.8 Å². The molecule has 3 nitrogen and oxygen atoms in total. The summed E-state index contributed by atoms with van der Waals surface area (Å²) in [5, 5.41) is 3.39. The van der Waals surface area contributed by atoms with Crippen LogP contribution in [0.15, 0.2) is 12.5 Å². The van der Waals surface area contributed by atoms with Crippen LogP contribution in [0.3, 0.4) is 0 Å². The molecule has 1 N–H and O–H groups in total. The normalized spacial score (nSPS) is 22.4. The van der Waals surface area contributed by atoms with E-state index in [1.54, 1.807) is 0 Å². The van der Waals surface area contributed by atoms with Gasteiger partial charge in [-0.3, -0.25) is 0 Å². The number of hydrogen-bond acceptors (Lipinski definition) is 2. The van der Waals surface area contributed by atoms with Crippen LogP contribution in [-0.2, 0) is 6.54 Å². The average Bonchev–Trinajstić information content (AvgIpc) is 2.72. The molecule has 1 saturated heterocycles. The molecule has 1 aromatic heterocycles. The first-order chi connectivity index (χ1) is 6.36. The summed E-state index contributed by atoms with van der Waals surface area (Å²) < 4.78 is 2.23. The van der Waals surface area contributed by atoms with Crippen LogP contribution < -0.4 is 5.32 Å². The first-order valence-corrected chi connectivity index (χ1v) is 5.03. The Bertz CT molecular complexity index is 261. The van der Waals surface area contributed by atoms with Crippen molar-refractivity contribution in [2.45, 2.75) is 26.3 Å². The Kier molecular flexibility index (Phi) is 2.64. The van der Waals surface area contributed by atoms with Gasteiger partial charge in [0.2, 0.25) is 0 Å². The summed E-state index contributed by atoms with van der Waals surface area (Å²) in [6.45, 7) is 5.64. The number of aromatic nitrogens is 2. The first kappa shape index (κ1) is 8.75. The van der Waals surface area contributed by atoms with E-state index in [2.05, 4.69) is 21.8 Å². The zero-order valence-corrected chi connectivity index (χ0v) is 8.16. The van der Waals surface area contributed by atoms with Gasteiger partial charge in [0.1, 0.15) is 0 Å². The van der Waals surface area contributed by atoms with E-state index in [9.17, 15) is 0 Å². The molecule has 1 aliphatic rings. The molecule has 2 rings (SSSR count). The number of hydrogen-bond donors (Lipinski definition) is 1. The average molecular weight is 179 g/mol. The maximum Gasteiger partial charge on any atom is 0.0948 e. The van der Waals surface area contributed by atoms with E-state index < -0.39 is 0 Å². The van der Waals surface area contributed by atoms with E-state index >= 15 is 0 Å². The molecule has 3 heteroatoms. The van der Waals surface area contributed by atoms with Crippen molar-refractivity contribution in [2.24, 2.45) is 5.92 Å². The Balaban J connectivity index is 1.82. The van der Waals surface area contributed by atoms with Crippen LogP contribution in [0.4, 0.5) is 0 Å². The Morgan fingerprint density at radius 2 is 2.62 bits per heavy atom. The van der Waals surface area contributed by atoms with Gasteiger partial charge in [0.05, 0.1) is 6.33 Å². The topological polar surface area (TPSA) is 29.9 Å². The van der Waals surface area contributed by atoms with Crippen molar-refractivity contribution >= 4 is 0 Å². The number of nitrogens with one attached hydrogen (secondary N) is 1. The molecule has 0 bridgehead atoms. The van der Waals surface area contributed by atoms with Gasteiger partial charge in [-0.1, -0.05) is 0 Å². The third kappa shape index (κ3) is 2.10. The fraction of sp³-hybridized carbons (Fsp3) is 0.700. The van der Waals surface area contributed by atoms with Gasteiger partial charge in [0, 0.05) is 18.4 Å². The highest BCUT2D eigenvalue weighted by Gasteiger charge is 2.13. The second-order valence-electron chi connectivity index (χ2n) is 3.88. The standard InChI is InChI=1S/C10H17N3/c1-9-6-12-8-13(9)5-3-10-2-4-11-7-10/h6,8,10-11H,2-5,7H2,1H3. The summed E-state index contributed by atoms with van der Waals surface area (Å²) in [6.07, 6.45) is 6.47. The Morgan fingerprint density at radius 1 is 1.69 bits per heavy atom. The molecule has 2 heterocycles. The van der Waals surface area contributed by atoms with E-state index in [-0.39, 0.29) is 0 Å². The summed E-state index contributed by atoms with van der Waals surface area (Å²) in [6, 6.07) is 0. The minimum Gasteiger partial charge on any atom is -0.335 e. The van der Waals surface area contributed by atoms with Gasteiger partial charge in [0.25, 0.3) is 0 Å². The monoisotopic (exact) mass is 179 g/mol. The van der Waals surface area contributed by atoms with Crippen molar-refractivity contribution in [2.75, 3.05) is 13.1 Å². The molecule has 0 radical (unpaired) electrons. The fourth-order valence-electron chi connectivity index (χ4n) is 1.90. The molecule has 0 saturated carbocycles. The SMILES string of the molecule is Cc1cncn1CCC1CCNC1. The Labute approximate surface area is 79.2 Å². The molecule has 1 aromatic rings. The predicted molar refractivity (Wildman–Crippen MR) is 52.6 cm³/mol. The molecule has 1 aliphatic heterocycles. The minimum absolute atomic E-state index is 0.877. The molecule has 72 valence electrons. The number of rotatable bonds is 3. The summed E-state index contributed by atoms with van der Waals surface area (Å²) >= 11 is 0. The summed E-state index contributed by atoms with van der Waals surface area (Å²) in [5.74, 6) is 0.877. The third-order valence-electron chi connectivity index (χ3n) is 2.86. The van der Waals surface area contributed by atoms with Gasteiger partial charge in [-0.2, -0.15) is 0 Å². The van der Waals surface area contributed by atoms with Crippen molar-refractivity contribution in [3.05, 3.63) is 18.2 Å². The maximum atomic E-state index is 4.11. The van der Waals surface area contributed by atoms with E-state index in [0.717, 1.165) is 12.5 Å². The van der Waals surface area contributed by atoms with Crippen molar-refractivity contribution in [1.29, 1.82) is 0 Å². The molecule has 0 aliphatic carbocycles. The second kappa shape index (κ2) is 3.92. The molecular weight excluding hydrogens is 162 g/mol. The quantitative estimate of drug-likeness (QED) is 0.755. The molecule has 1 fully saturated rings. The lowest BCUT2D eigenvalue weighted by Crippen LogP contribution is -2.11. The Hall–Kier alpha value is -0.830. The van der Waals surface area contributed by atoms with Crippen molar-refractivity contribution in [1.82, 2.24) is 14.9 Å². The molecule has 0 spiro atoms. The van der Waals surface area contributed by atoms with Crippen LogP contribution in [0.25, 0.3) is 0 Å². The van der Waals surface area contributed by atoms with Crippen LogP contribution in [0.1, 0.15) is 18.5 Å². The fourth-order valence-corrected chi connectivity index (χ4v) is 1.90. The lowest BCUT2D eigenvalue weighted by molar-refractivity contribution is 0.476. The van der Waals surface area contributed by atoms with Crippen molar-refractivity contribution in [3.8, 4) is 0 Å². The van der Waals surface area contributed by atoms with Crippen molar-refractivity contribution < 1.29 is 0 Å². The van der Waals surface area contributed by atoms with Gasteiger partial charge >= 0.3 is 0 Å². The molecule has 13 heavy (non-hydrogen) atoms. The summed E-state index contributed by atoms with van der Waals surface area (Å²) in [4.78, 5) is 4.11. The third-order valence-corrected chi connectivity index (χ3v) is 2.86. The smallest absolute Gasteiger partial charge is 0.0948 e. The van der Waals surface area contributed by atoms with Gasteiger partial charge in [-0.15, -0.1) is 0 Å². The zero-order chi connectivity index (χ0) is 9.10. The largest absolute Gasteiger partial charge is 0.335 e. The van der Waals surface area contributed by atoms with E-state index in [1.807, 2.05) is 12.5 Å². The van der Waals surface area contributed by atoms with E-state index in [0.29, 0.717) is 0 Å². The molecular formula is C10H17N3. The minimum atomic E-state index is 0.877. The van der Waals surface area contributed by atoms with Gasteiger partial charge in [0.15, 0.2) is 0 Å². The van der Waals surface area contributed by atoms with Gasteiger partial charge in [-0.05, 0) is 38.8 Å². The van der Waals surface area contributed by atoms with Crippen molar-refractivity contribution in [3.63, 3.8) is 0 Å². The zero-order valence-electron chi connectivity index (χ0n) is 8.16. The molecule has 0 amide bonds. The van der Waals surface area contributed by atoms with Crippen LogP contribution >= 0.6 is 0 Å². The highest BCUT2D eigenvalue weighted by molar-refractivity contribution is 4.93. The summed E-state index contributed by atoms with van der Waals surface area (Å²) in [7, 11) is 0. The van der Waals surface area contributed by atoms with Gasteiger partial charge < -0.3 is 9.88 Å². The van der Waals surface area contributed by atoms with E-state index in [4.69, 9.17) is 0 Å². The Morgan fingerprint density at radius 3 is 3.23 bits per heavy atom. The van der Waals surface area contributed by atoms with Gasteiger partial charge in [-0.25, -0.2) is 4.98 Å². The highest BCUT2D eigenvalue weighted by Crippen LogP contribution is 2.13. The lowest BCUT2D eigenvalue weighted by Gasteiger charge is -2.09. The second-order valence-corrected chi connectivity index (χ2v) is 3.88. The number of nitrogens with zero attached hydrogens (tertiary/aromatic N) is 2.